The van der Waals surface area contributed by atoms with E-state index < -0.39 is 5.41 Å². The van der Waals surface area contributed by atoms with Crippen molar-refractivity contribution in [2.45, 2.75) is 25.2 Å². The number of hydrogen-bond acceptors (Lipinski definition) is 5. The summed E-state index contributed by atoms with van der Waals surface area (Å²) in [4.78, 5) is 17.3. The Morgan fingerprint density at radius 1 is 1.48 bits per heavy atom. The summed E-state index contributed by atoms with van der Waals surface area (Å²) in [6.45, 7) is 2.01. The van der Waals surface area contributed by atoms with Crippen molar-refractivity contribution in [3.8, 4) is 11.9 Å². The van der Waals surface area contributed by atoms with Crippen molar-refractivity contribution in [3.63, 3.8) is 0 Å². The topological polar surface area (TPSA) is 72.2 Å². The Hall–Kier alpha value is -2.61. The van der Waals surface area contributed by atoms with Crippen LogP contribution in [-0.4, -0.2) is 25.2 Å². The number of carbonyl (C=O) groups is 1. The number of ether oxygens (including phenoxy) is 2. The van der Waals surface area contributed by atoms with E-state index in [1.807, 2.05) is 13.0 Å². The molecule has 0 saturated carbocycles. The predicted molar refractivity (Wildman–Crippen MR) is 83.7 cm³/mol. The summed E-state index contributed by atoms with van der Waals surface area (Å²) >= 11 is 0. The van der Waals surface area contributed by atoms with E-state index in [0.29, 0.717) is 18.7 Å². The molecular formula is C18H18N2O3. The third-order valence-corrected chi connectivity index (χ3v) is 4.71. The Kier molecular flexibility index (Phi) is 3.69. The zero-order valence-electron chi connectivity index (χ0n) is 13.4. The van der Waals surface area contributed by atoms with Crippen LogP contribution in [0.2, 0.25) is 0 Å². The summed E-state index contributed by atoms with van der Waals surface area (Å²) in [7, 11) is 2.95. The zero-order valence-corrected chi connectivity index (χ0v) is 13.4. The lowest BCUT2D eigenvalue weighted by molar-refractivity contribution is -0.146. The number of methoxy groups -OCH3 is 2. The lowest BCUT2D eigenvalue weighted by atomic mass is 9.58. The molecule has 2 aliphatic carbocycles. The molecule has 2 aliphatic rings. The lowest BCUT2D eigenvalue weighted by Crippen LogP contribution is -2.47. The van der Waals surface area contributed by atoms with E-state index in [1.54, 1.807) is 13.2 Å². The van der Waals surface area contributed by atoms with Gasteiger partial charge in [0.25, 0.3) is 0 Å². The standard InChI is InChI=1S/C18H18N2O3/c1-11-8-12-9-15-14(4-5-16(20-15)22-2)18(10-11,17(21)23-3)13(12)6-7-19/h4-6,8,12H,9-10H2,1-3H3/t12-,18+/m1/s1. The smallest absolute Gasteiger partial charge is 0.320 e. The highest BCUT2D eigenvalue weighted by Gasteiger charge is 2.53. The summed E-state index contributed by atoms with van der Waals surface area (Å²) in [6, 6.07) is 5.72. The minimum absolute atomic E-state index is 0.0189. The Labute approximate surface area is 135 Å². The average Bonchev–Trinajstić information content (AvgIpc) is 2.55. The SMILES string of the molecule is COC(=O)[C@]12CC(C)=C[C@H](Cc3nc(OC)ccc31)C2=CC#N. The molecule has 2 atom stereocenters. The second-order valence-electron chi connectivity index (χ2n) is 5.97. The van der Waals surface area contributed by atoms with Crippen LogP contribution in [0.25, 0.3) is 0 Å². The lowest BCUT2D eigenvalue weighted by Gasteiger charge is -2.44. The number of nitriles is 1. The molecule has 1 heterocycles. The van der Waals surface area contributed by atoms with Crippen molar-refractivity contribution in [1.29, 1.82) is 5.26 Å². The van der Waals surface area contributed by atoms with Crippen LogP contribution in [0.3, 0.4) is 0 Å². The summed E-state index contributed by atoms with van der Waals surface area (Å²) in [5, 5.41) is 9.20. The van der Waals surface area contributed by atoms with E-state index in [2.05, 4.69) is 17.1 Å². The molecule has 0 spiro atoms. The zero-order chi connectivity index (χ0) is 16.6. The van der Waals surface area contributed by atoms with Crippen LogP contribution in [0.15, 0.2) is 35.4 Å². The van der Waals surface area contributed by atoms with Crippen LogP contribution < -0.4 is 4.74 Å². The van der Waals surface area contributed by atoms with Gasteiger partial charge in [-0.25, -0.2) is 4.98 Å². The Balaban J connectivity index is 2.32. The number of nitrogens with zero attached hydrogens (tertiary/aromatic N) is 2. The monoisotopic (exact) mass is 310 g/mol. The van der Waals surface area contributed by atoms with E-state index >= 15 is 0 Å². The quantitative estimate of drug-likeness (QED) is 0.477. The number of carbonyl (C=O) groups excluding carboxylic acids is 1. The molecule has 0 radical (unpaired) electrons. The first-order valence-corrected chi connectivity index (χ1v) is 7.47. The fourth-order valence-corrected chi connectivity index (χ4v) is 3.87. The number of hydrogen-bond donors (Lipinski definition) is 0. The molecular weight excluding hydrogens is 292 g/mol. The minimum atomic E-state index is -0.958. The van der Waals surface area contributed by atoms with Gasteiger partial charge in [-0.1, -0.05) is 17.7 Å². The molecule has 0 amide bonds. The van der Waals surface area contributed by atoms with Crippen molar-refractivity contribution >= 4 is 5.97 Å². The summed E-state index contributed by atoms with van der Waals surface area (Å²) in [5.74, 6) is 0.161. The van der Waals surface area contributed by atoms with Gasteiger partial charge in [-0.15, -0.1) is 0 Å². The van der Waals surface area contributed by atoms with Crippen molar-refractivity contribution in [2.75, 3.05) is 14.2 Å². The van der Waals surface area contributed by atoms with E-state index in [-0.39, 0.29) is 11.9 Å². The number of pyridine rings is 1. The Morgan fingerprint density at radius 2 is 2.26 bits per heavy atom. The van der Waals surface area contributed by atoms with Gasteiger partial charge in [-0.2, -0.15) is 5.26 Å². The minimum Gasteiger partial charge on any atom is -0.481 e. The van der Waals surface area contributed by atoms with Crippen molar-refractivity contribution in [2.24, 2.45) is 5.92 Å². The van der Waals surface area contributed by atoms with Crippen molar-refractivity contribution < 1.29 is 14.3 Å². The van der Waals surface area contributed by atoms with Gasteiger partial charge in [0.15, 0.2) is 0 Å². The maximum Gasteiger partial charge on any atom is 0.320 e. The average molecular weight is 310 g/mol. The predicted octanol–water partition coefficient (Wildman–Crippen LogP) is 2.47. The molecule has 3 rings (SSSR count). The molecule has 1 aromatic heterocycles. The summed E-state index contributed by atoms with van der Waals surface area (Å²) in [5.41, 5.74) is 2.61. The molecule has 0 fully saturated rings. The largest absolute Gasteiger partial charge is 0.481 e. The van der Waals surface area contributed by atoms with Gasteiger partial charge in [0.2, 0.25) is 5.88 Å². The first-order chi connectivity index (χ1) is 11.1. The van der Waals surface area contributed by atoms with Crippen LogP contribution >= 0.6 is 0 Å². The molecule has 5 heteroatoms. The first kappa shape index (κ1) is 15.3. The third-order valence-electron chi connectivity index (χ3n) is 4.71. The second-order valence-corrected chi connectivity index (χ2v) is 5.97. The van der Waals surface area contributed by atoms with Crippen molar-refractivity contribution in [1.82, 2.24) is 4.98 Å². The number of rotatable bonds is 2. The number of esters is 1. The fourth-order valence-electron chi connectivity index (χ4n) is 3.87. The van der Waals surface area contributed by atoms with Crippen LogP contribution in [0, 0.1) is 17.2 Å². The maximum absolute atomic E-state index is 12.8. The normalized spacial score (nSPS) is 26.8. The van der Waals surface area contributed by atoms with Gasteiger partial charge in [0, 0.05) is 24.5 Å². The molecule has 1 aromatic rings. The molecule has 0 aliphatic heterocycles. The van der Waals surface area contributed by atoms with Crippen LogP contribution in [0.4, 0.5) is 0 Å². The molecule has 5 nitrogen and oxygen atoms in total. The Morgan fingerprint density at radius 3 is 2.91 bits per heavy atom. The molecule has 0 saturated heterocycles. The van der Waals surface area contributed by atoms with Gasteiger partial charge in [0.1, 0.15) is 5.41 Å². The van der Waals surface area contributed by atoms with Gasteiger partial charge < -0.3 is 9.47 Å². The fraction of sp³-hybridized carbons (Fsp3) is 0.389. The number of allylic oxidation sites excluding steroid dienone is 3. The number of fused-ring (bicyclic) bond motifs is 4. The molecule has 118 valence electrons. The molecule has 0 N–H and O–H groups in total. The van der Waals surface area contributed by atoms with E-state index in [0.717, 1.165) is 22.4 Å². The third kappa shape index (κ3) is 2.14. The van der Waals surface area contributed by atoms with E-state index in [1.165, 1.54) is 13.2 Å². The molecule has 0 aromatic carbocycles. The van der Waals surface area contributed by atoms with Crippen LogP contribution in [-0.2, 0) is 21.4 Å². The van der Waals surface area contributed by atoms with E-state index in [4.69, 9.17) is 9.47 Å². The Bertz CT molecular complexity index is 773. The first-order valence-electron chi connectivity index (χ1n) is 7.47. The highest BCUT2D eigenvalue weighted by molar-refractivity contribution is 5.90. The van der Waals surface area contributed by atoms with Gasteiger partial charge >= 0.3 is 5.97 Å². The maximum atomic E-state index is 12.8. The highest BCUT2D eigenvalue weighted by Crippen LogP contribution is 2.52. The highest BCUT2D eigenvalue weighted by atomic mass is 16.5. The van der Waals surface area contributed by atoms with Crippen LogP contribution in [0.5, 0.6) is 5.88 Å². The van der Waals surface area contributed by atoms with Crippen molar-refractivity contribution in [3.05, 3.63) is 46.7 Å². The van der Waals surface area contributed by atoms with Crippen LogP contribution in [0.1, 0.15) is 24.6 Å². The molecule has 0 unspecified atom stereocenters. The van der Waals surface area contributed by atoms with E-state index in [9.17, 15) is 10.1 Å². The van der Waals surface area contributed by atoms with Gasteiger partial charge in [-0.05, 0) is 24.5 Å². The molecule has 23 heavy (non-hydrogen) atoms. The van der Waals surface area contributed by atoms with Gasteiger partial charge in [0.05, 0.1) is 26.0 Å². The summed E-state index contributed by atoms with van der Waals surface area (Å²) in [6.07, 6.45) is 4.77. The van der Waals surface area contributed by atoms with Gasteiger partial charge in [-0.3, -0.25) is 4.79 Å². The molecule has 2 bridgehead atoms. The second kappa shape index (κ2) is 5.54. The number of aromatic nitrogens is 1. The summed E-state index contributed by atoms with van der Waals surface area (Å²) < 4.78 is 10.3.